The van der Waals surface area contributed by atoms with Crippen molar-refractivity contribution in [3.63, 3.8) is 0 Å². The van der Waals surface area contributed by atoms with E-state index in [0.717, 1.165) is 20.8 Å². The van der Waals surface area contributed by atoms with Gasteiger partial charge >= 0.3 is 0 Å². The topological polar surface area (TPSA) is 42.4 Å². The molecule has 1 aromatic heterocycles. The Morgan fingerprint density at radius 2 is 1.85 bits per heavy atom. The number of pyridine rings is 1. The number of hydrogen-bond acceptors (Lipinski definition) is 3. The highest BCUT2D eigenvalue weighted by molar-refractivity contribution is 9.10. The van der Waals surface area contributed by atoms with Crippen LogP contribution in [0.25, 0.3) is 10.8 Å². The van der Waals surface area contributed by atoms with Crippen LogP contribution in [0.3, 0.4) is 0 Å². The second-order valence-electron chi connectivity index (χ2n) is 4.35. The first-order chi connectivity index (χ1) is 9.78. The third-order valence-corrected chi connectivity index (χ3v) is 3.52. The number of nitrogens with zero attached hydrogens (tertiary/aromatic N) is 1. The maximum absolute atomic E-state index is 9.37. The van der Waals surface area contributed by atoms with Gasteiger partial charge in [0.2, 0.25) is 5.88 Å². The number of aliphatic hydroxyl groups excluding tert-OH is 1. The zero-order chi connectivity index (χ0) is 13.9. The molecule has 4 heteroatoms. The van der Waals surface area contributed by atoms with E-state index in [2.05, 4.69) is 20.9 Å². The summed E-state index contributed by atoms with van der Waals surface area (Å²) >= 11 is 3.41. The Hall–Kier alpha value is -1.91. The average Bonchev–Trinajstić information content (AvgIpc) is 2.48. The Balaban J connectivity index is 2.08. The van der Waals surface area contributed by atoms with E-state index in [9.17, 15) is 5.11 Å². The molecule has 0 amide bonds. The van der Waals surface area contributed by atoms with Crippen molar-refractivity contribution in [1.82, 2.24) is 4.98 Å². The number of benzene rings is 2. The summed E-state index contributed by atoms with van der Waals surface area (Å²) in [6.45, 7) is -0.0370. The third-order valence-electron chi connectivity index (χ3n) is 3.02. The maximum atomic E-state index is 9.37. The highest BCUT2D eigenvalue weighted by atomic mass is 79.9. The highest BCUT2D eigenvalue weighted by Gasteiger charge is 2.08. The van der Waals surface area contributed by atoms with Crippen LogP contribution in [-0.4, -0.2) is 10.1 Å². The first kappa shape index (κ1) is 13.1. The summed E-state index contributed by atoms with van der Waals surface area (Å²) in [7, 11) is 0. The average molecular weight is 330 g/mol. The molecular formula is C16H12BrNO2. The summed E-state index contributed by atoms with van der Waals surface area (Å²) < 4.78 is 6.80. The van der Waals surface area contributed by atoms with Crippen molar-refractivity contribution in [3.8, 4) is 11.6 Å². The van der Waals surface area contributed by atoms with Gasteiger partial charge in [0.1, 0.15) is 5.75 Å². The van der Waals surface area contributed by atoms with Gasteiger partial charge in [0.15, 0.2) is 0 Å². The van der Waals surface area contributed by atoms with Crippen molar-refractivity contribution in [1.29, 1.82) is 0 Å². The number of aliphatic hydroxyl groups is 1. The molecule has 0 radical (unpaired) electrons. The Kier molecular flexibility index (Phi) is 3.67. The molecule has 3 aromatic rings. The lowest BCUT2D eigenvalue weighted by molar-refractivity contribution is 0.283. The predicted molar refractivity (Wildman–Crippen MR) is 81.9 cm³/mol. The van der Waals surface area contributed by atoms with Crippen molar-refractivity contribution < 1.29 is 9.84 Å². The van der Waals surface area contributed by atoms with E-state index < -0.39 is 0 Å². The summed E-state index contributed by atoms with van der Waals surface area (Å²) in [4.78, 5) is 4.31. The monoisotopic (exact) mass is 329 g/mol. The number of rotatable bonds is 3. The molecule has 20 heavy (non-hydrogen) atoms. The van der Waals surface area contributed by atoms with Crippen LogP contribution in [0.4, 0.5) is 0 Å². The minimum absolute atomic E-state index is 0.0370. The number of aromatic nitrogens is 1. The minimum Gasteiger partial charge on any atom is -0.438 e. The summed E-state index contributed by atoms with van der Waals surface area (Å²) in [5.41, 5.74) is 0.794. The summed E-state index contributed by atoms with van der Waals surface area (Å²) in [5.74, 6) is 1.25. The summed E-state index contributed by atoms with van der Waals surface area (Å²) in [6, 6.07) is 15.4. The molecule has 0 saturated carbocycles. The van der Waals surface area contributed by atoms with Gasteiger partial charge in [0.25, 0.3) is 0 Å². The van der Waals surface area contributed by atoms with Crippen molar-refractivity contribution in [2.75, 3.05) is 0 Å². The molecule has 0 atom stereocenters. The van der Waals surface area contributed by atoms with Crippen LogP contribution in [0.15, 0.2) is 59.2 Å². The normalized spacial score (nSPS) is 10.7. The van der Waals surface area contributed by atoms with Gasteiger partial charge in [-0.1, -0.05) is 40.2 Å². The summed E-state index contributed by atoms with van der Waals surface area (Å²) in [5, 5.41) is 11.2. The molecule has 0 saturated heterocycles. The van der Waals surface area contributed by atoms with Crippen LogP contribution in [0, 0.1) is 0 Å². The molecule has 3 nitrogen and oxygen atoms in total. The molecule has 0 aliphatic rings. The van der Waals surface area contributed by atoms with Gasteiger partial charge in [-0.15, -0.1) is 0 Å². The third kappa shape index (κ3) is 2.53. The van der Waals surface area contributed by atoms with E-state index in [1.54, 1.807) is 6.20 Å². The minimum atomic E-state index is -0.0370. The van der Waals surface area contributed by atoms with E-state index in [4.69, 9.17) is 4.74 Å². The number of ether oxygens (including phenoxy) is 1. The van der Waals surface area contributed by atoms with Crippen molar-refractivity contribution in [3.05, 3.63) is 64.8 Å². The lowest BCUT2D eigenvalue weighted by Gasteiger charge is -2.10. The quantitative estimate of drug-likeness (QED) is 0.779. The largest absolute Gasteiger partial charge is 0.438 e. The van der Waals surface area contributed by atoms with Crippen molar-refractivity contribution >= 4 is 26.7 Å². The van der Waals surface area contributed by atoms with Gasteiger partial charge in [-0.25, -0.2) is 4.98 Å². The Labute approximate surface area is 125 Å². The number of halogens is 1. The molecule has 0 aliphatic heterocycles. The maximum Gasteiger partial charge on any atom is 0.227 e. The SMILES string of the molecule is OCc1cnc(Oc2cccc(Br)c2)c2ccccc12. The summed E-state index contributed by atoms with van der Waals surface area (Å²) in [6.07, 6.45) is 1.65. The second kappa shape index (κ2) is 5.61. The Bertz CT molecular complexity index is 758. The molecule has 0 bridgehead atoms. The van der Waals surface area contributed by atoms with Gasteiger partial charge in [-0.2, -0.15) is 0 Å². The molecule has 0 fully saturated rings. The smallest absolute Gasteiger partial charge is 0.227 e. The standard InChI is InChI=1S/C16H12BrNO2/c17-12-4-3-5-13(8-12)20-16-15-7-2-1-6-14(15)11(10-19)9-18-16/h1-9,19H,10H2. The molecule has 0 aliphatic carbocycles. The van der Waals surface area contributed by atoms with Gasteiger partial charge in [0.05, 0.1) is 6.61 Å². The Morgan fingerprint density at radius 3 is 2.60 bits per heavy atom. The molecule has 2 aromatic carbocycles. The van der Waals surface area contributed by atoms with Crippen LogP contribution < -0.4 is 4.74 Å². The van der Waals surface area contributed by atoms with Crippen LogP contribution in [-0.2, 0) is 6.61 Å². The zero-order valence-corrected chi connectivity index (χ0v) is 12.2. The van der Waals surface area contributed by atoms with Crippen molar-refractivity contribution in [2.24, 2.45) is 0 Å². The Morgan fingerprint density at radius 1 is 1.05 bits per heavy atom. The molecule has 100 valence electrons. The van der Waals surface area contributed by atoms with E-state index in [-0.39, 0.29) is 6.61 Å². The number of hydrogen-bond donors (Lipinski definition) is 1. The lowest BCUT2D eigenvalue weighted by Crippen LogP contribution is -1.93. The van der Waals surface area contributed by atoms with Crippen LogP contribution >= 0.6 is 15.9 Å². The molecule has 3 rings (SSSR count). The van der Waals surface area contributed by atoms with E-state index in [0.29, 0.717) is 11.6 Å². The van der Waals surface area contributed by atoms with Gasteiger partial charge in [0, 0.05) is 21.6 Å². The molecular weight excluding hydrogens is 318 g/mol. The fourth-order valence-electron chi connectivity index (χ4n) is 2.07. The lowest BCUT2D eigenvalue weighted by atomic mass is 10.1. The number of fused-ring (bicyclic) bond motifs is 1. The van der Waals surface area contributed by atoms with Crippen LogP contribution in [0.1, 0.15) is 5.56 Å². The molecule has 0 unspecified atom stereocenters. The first-order valence-corrected chi connectivity index (χ1v) is 6.98. The van der Waals surface area contributed by atoms with Crippen LogP contribution in [0.2, 0.25) is 0 Å². The van der Waals surface area contributed by atoms with Crippen molar-refractivity contribution in [2.45, 2.75) is 6.61 Å². The van der Waals surface area contributed by atoms with E-state index >= 15 is 0 Å². The van der Waals surface area contributed by atoms with Gasteiger partial charge < -0.3 is 9.84 Å². The van der Waals surface area contributed by atoms with E-state index in [1.807, 2.05) is 48.5 Å². The first-order valence-electron chi connectivity index (χ1n) is 6.19. The van der Waals surface area contributed by atoms with Gasteiger partial charge in [-0.05, 0) is 29.7 Å². The zero-order valence-electron chi connectivity index (χ0n) is 10.6. The fraction of sp³-hybridized carbons (Fsp3) is 0.0625. The van der Waals surface area contributed by atoms with Gasteiger partial charge in [-0.3, -0.25) is 0 Å². The van der Waals surface area contributed by atoms with Crippen LogP contribution in [0.5, 0.6) is 11.6 Å². The predicted octanol–water partition coefficient (Wildman–Crippen LogP) is 4.28. The molecule has 1 N–H and O–H groups in total. The molecule has 0 spiro atoms. The fourth-order valence-corrected chi connectivity index (χ4v) is 2.45. The molecule has 1 heterocycles. The second-order valence-corrected chi connectivity index (χ2v) is 5.27. The van der Waals surface area contributed by atoms with E-state index in [1.165, 1.54) is 0 Å². The highest BCUT2D eigenvalue weighted by Crippen LogP contribution is 2.30.